The highest BCUT2D eigenvalue weighted by Crippen LogP contribution is 2.54. The van der Waals surface area contributed by atoms with Crippen molar-refractivity contribution in [2.75, 3.05) is 0 Å². The lowest BCUT2D eigenvalue weighted by Crippen LogP contribution is -2.49. The third-order valence-corrected chi connectivity index (χ3v) is 5.15. The van der Waals surface area contributed by atoms with E-state index >= 15 is 0 Å². The molecule has 1 N–H and O–H groups in total. The van der Waals surface area contributed by atoms with Gasteiger partial charge in [-0.05, 0) is 43.9 Å². The maximum absolute atomic E-state index is 12.3. The van der Waals surface area contributed by atoms with Crippen molar-refractivity contribution in [3.8, 4) is 6.07 Å². The molecule has 3 saturated carbocycles. The van der Waals surface area contributed by atoms with Gasteiger partial charge in [-0.15, -0.1) is 0 Å². The number of nitrogens with zero attached hydrogens (tertiary/aromatic N) is 1. The molecule has 3 fully saturated rings. The van der Waals surface area contributed by atoms with E-state index in [4.69, 9.17) is 0 Å². The molecule has 0 radical (unpaired) electrons. The summed E-state index contributed by atoms with van der Waals surface area (Å²) < 4.78 is 0. The quantitative estimate of drug-likeness (QED) is 0.762. The van der Waals surface area contributed by atoms with Crippen LogP contribution in [0.25, 0.3) is 0 Å². The van der Waals surface area contributed by atoms with Crippen LogP contribution in [0.3, 0.4) is 0 Å². The third-order valence-electron chi connectivity index (χ3n) is 5.15. The summed E-state index contributed by atoms with van der Waals surface area (Å²) in [5, 5.41) is 12.6. The Morgan fingerprint density at radius 2 is 1.67 bits per heavy atom. The molecule has 0 bridgehead atoms. The van der Waals surface area contributed by atoms with E-state index in [1.165, 1.54) is 19.3 Å². The molecule has 0 aromatic rings. The number of rotatable bonds is 2. The molecule has 3 rings (SSSR count). The lowest BCUT2D eigenvalue weighted by atomic mass is 9.90. The Kier molecular flexibility index (Phi) is 3.05. The lowest BCUT2D eigenvalue weighted by molar-refractivity contribution is -0.126. The van der Waals surface area contributed by atoms with Crippen LogP contribution in [0.5, 0.6) is 0 Å². The first kappa shape index (κ1) is 12.0. The van der Waals surface area contributed by atoms with Gasteiger partial charge in [0.05, 0.1) is 6.07 Å². The van der Waals surface area contributed by atoms with Crippen molar-refractivity contribution in [1.29, 1.82) is 5.26 Å². The van der Waals surface area contributed by atoms with Crippen molar-refractivity contribution >= 4 is 5.91 Å². The van der Waals surface area contributed by atoms with Gasteiger partial charge < -0.3 is 5.32 Å². The highest BCUT2D eigenvalue weighted by molar-refractivity contribution is 5.80. The van der Waals surface area contributed by atoms with Crippen LogP contribution in [0.15, 0.2) is 0 Å². The van der Waals surface area contributed by atoms with Crippen molar-refractivity contribution in [3.63, 3.8) is 0 Å². The number of nitriles is 1. The molecule has 3 nitrogen and oxygen atoms in total. The number of hydrogen-bond donors (Lipinski definition) is 1. The van der Waals surface area contributed by atoms with Gasteiger partial charge in [0, 0.05) is 5.92 Å². The molecule has 0 aromatic carbocycles. The van der Waals surface area contributed by atoms with Gasteiger partial charge in [0.25, 0.3) is 0 Å². The molecule has 2 unspecified atom stereocenters. The van der Waals surface area contributed by atoms with E-state index in [9.17, 15) is 10.1 Å². The van der Waals surface area contributed by atoms with E-state index in [0.717, 1.165) is 50.4 Å². The maximum Gasteiger partial charge on any atom is 0.224 e. The van der Waals surface area contributed by atoms with Crippen LogP contribution in [-0.4, -0.2) is 11.4 Å². The maximum atomic E-state index is 12.3. The first-order chi connectivity index (χ1) is 8.72. The Bertz CT molecular complexity index is 366. The first-order valence-corrected chi connectivity index (χ1v) is 7.46. The highest BCUT2D eigenvalue weighted by Gasteiger charge is 2.49. The Labute approximate surface area is 109 Å². The summed E-state index contributed by atoms with van der Waals surface area (Å²) in [5.74, 6) is 2.01. The van der Waals surface area contributed by atoms with Crippen molar-refractivity contribution in [2.45, 2.75) is 63.3 Å². The minimum absolute atomic E-state index is 0.158. The van der Waals surface area contributed by atoms with E-state index in [-0.39, 0.29) is 11.8 Å². The summed E-state index contributed by atoms with van der Waals surface area (Å²) in [6, 6.07) is 2.40. The van der Waals surface area contributed by atoms with Crippen LogP contribution in [0, 0.1) is 29.1 Å². The minimum Gasteiger partial charge on any atom is -0.338 e. The first-order valence-electron chi connectivity index (χ1n) is 7.46. The zero-order valence-electron chi connectivity index (χ0n) is 11.0. The van der Waals surface area contributed by atoms with E-state index < -0.39 is 5.54 Å². The van der Waals surface area contributed by atoms with Gasteiger partial charge in [-0.2, -0.15) is 5.26 Å². The summed E-state index contributed by atoms with van der Waals surface area (Å²) in [4.78, 5) is 12.3. The summed E-state index contributed by atoms with van der Waals surface area (Å²) in [7, 11) is 0. The standard InChI is InChI=1S/C15H22N2O/c16-10-15(5-3-1-2-4-6-15)17-14(18)13-8-11-7-12(11)9-13/h11-13H,1-9H2,(H,17,18). The highest BCUT2D eigenvalue weighted by atomic mass is 16.2. The number of carbonyl (C=O) groups excluding carboxylic acids is 1. The second-order valence-electron chi connectivity index (χ2n) is 6.52. The van der Waals surface area contributed by atoms with Crippen LogP contribution < -0.4 is 5.32 Å². The molecule has 3 aliphatic carbocycles. The second-order valence-corrected chi connectivity index (χ2v) is 6.52. The molecule has 3 heteroatoms. The number of carbonyl (C=O) groups is 1. The van der Waals surface area contributed by atoms with Crippen molar-refractivity contribution in [3.05, 3.63) is 0 Å². The second kappa shape index (κ2) is 4.57. The topological polar surface area (TPSA) is 52.9 Å². The Morgan fingerprint density at radius 1 is 1.06 bits per heavy atom. The fraction of sp³-hybridized carbons (Fsp3) is 0.867. The third kappa shape index (κ3) is 2.25. The fourth-order valence-electron chi connectivity index (χ4n) is 3.86. The van der Waals surface area contributed by atoms with Gasteiger partial charge in [0.1, 0.15) is 5.54 Å². The van der Waals surface area contributed by atoms with Crippen LogP contribution >= 0.6 is 0 Å². The zero-order chi connectivity index (χ0) is 12.6. The fourth-order valence-corrected chi connectivity index (χ4v) is 3.86. The van der Waals surface area contributed by atoms with E-state index in [1.54, 1.807) is 0 Å². The molecule has 0 spiro atoms. The van der Waals surface area contributed by atoms with Crippen molar-refractivity contribution < 1.29 is 4.79 Å². The molecule has 3 aliphatic rings. The van der Waals surface area contributed by atoms with Crippen molar-refractivity contribution in [1.82, 2.24) is 5.32 Å². The molecule has 98 valence electrons. The van der Waals surface area contributed by atoms with Gasteiger partial charge in [-0.25, -0.2) is 0 Å². The average molecular weight is 246 g/mol. The van der Waals surface area contributed by atoms with Gasteiger partial charge in [0.2, 0.25) is 5.91 Å². The molecule has 1 amide bonds. The molecule has 18 heavy (non-hydrogen) atoms. The van der Waals surface area contributed by atoms with Crippen LogP contribution in [-0.2, 0) is 4.79 Å². The summed E-state index contributed by atoms with van der Waals surface area (Å²) in [6.45, 7) is 0. The Balaban J connectivity index is 1.62. The molecular weight excluding hydrogens is 224 g/mol. The van der Waals surface area contributed by atoms with Gasteiger partial charge in [-0.3, -0.25) is 4.79 Å². The predicted octanol–water partition coefficient (Wildman–Crippen LogP) is 2.77. The van der Waals surface area contributed by atoms with Crippen LogP contribution in [0.2, 0.25) is 0 Å². The number of fused-ring (bicyclic) bond motifs is 1. The Hall–Kier alpha value is -1.04. The SMILES string of the molecule is N#CC1(NC(=O)C2CC3CC3C2)CCCCCC1. The number of amides is 1. The normalized spacial score (nSPS) is 37.2. The van der Waals surface area contributed by atoms with Gasteiger partial charge in [0.15, 0.2) is 0 Å². The molecule has 0 aliphatic heterocycles. The van der Waals surface area contributed by atoms with Crippen molar-refractivity contribution in [2.24, 2.45) is 17.8 Å². The molecule has 0 aromatic heterocycles. The van der Waals surface area contributed by atoms with Gasteiger partial charge >= 0.3 is 0 Å². The van der Waals surface area contributed by atoms with Crippen LogP contribution in [0.1, 0.15) is 57.8 Å². The van der Waals surface area contributed by atoms with E-state index in [0.29, 0.717) is 0 Å². The lowest BCUT2D eigenvalue weighted by Gasteiger charge is -2.28. The summed E-state index contributed by atoms with van der Waals surface area (Å²) >= 11 is 0. The van der Waals surface area contributed by atoms with E-state index in [1.807, 2.05) is 0 Å². The smallest absolute Gasteiger partial charge is 0.224 e. The number of nitrogens with one attached hydrogen (secondary N) is 1. The largest absolute Gasteiger partial charge is 0.338 e. The molecule has 0 saturated heterocycles. The van der Waals surface area contributed by atoms with E-state index in [2.05, 4.69) is 11.4 Å². The molecule has 2 atom stereocenters. The predicted molar refractivity (Wildman–Crippen MR) is 68.5 cm³/mol. The van der Waals surface area contributed by atoms with Gasteiger partial charge in [-0.1, -0.05) is 25.7 Å². The Morgan fingerprint density at radius 3 is 2.22 bits per heavy atom. The van der Waals surface area contributed by atoms with Crippen LogP contribution in [0.4, 0.5) is 0 Å². The monoisotopic (exact) mass is 246 g/mol. The molecule has 0 heterocycles. The summed E-state index contributed by atoms with van der Waals surface area (Å²) in [5.41, 5.74) is -0.555. The minimum atomic E-state index is -0.555. The summed E-state index contributed by atoms with van der Waals surface area (Å²) in [6.07, 6.45) is 9.71. The molecular formula is C15H22N2O. The zero-order valence-corrected chi connectivity index (χ0v) is 11.0. The average Bonchev–Trinajstić information content (AvgIpc) is 3.06. The number of hydrogen-bond acceptors (Lipinski definition) is 2.